The van der Waals surface area contributed by atoms with Crippen molar-refractivity contribution in [1.29, 1.82) is 0 Å². The third-order valence-corrected chi connectivity index (χ3v) is 2.99. The van der Waals surface area contributed by atoms with Gasteiger partial charge in [-0.25, -0.2) is 4.98 Å². The zero-order valence-electron chi connectivity index (χ0n) is 10.2. The molecule has 2 aromatic carbocycles. The van der Waals surface area contributed by atoms with Gasteiger partial charge in [-0.1, -0.05) is 25.1 Å². The molecule has 1 aromatic heterocycles. The van der Waals surface area contributed by atoms with E-state index in [1.807, 2.05) is 42.5 Å². The minimum atomic E-state index is 0.644. The number of oxazole rings is 1. The molecule has 0 spiro atoms. The molecule has 3 rings (SSSR count). The largest absolute Gasteiger partial charge is 0.436 e. The van der Waals surface area contributed by atoms with Crippen LogP contribution in [0.15, 0.2) is 46.9 Å². The number of nitrogen functional groups attached to an aromatic ring is 1. The Morgan fingerprint density at radius 3 is 2.67 bits per heavy atom. The van der Waals surface area contributed by atoms with Crippen LogP contribution in [-0.4, -0.2) is 4.98 Å². The van der Waals surface area contributed by atoms with Gasteiger partial charge >= 0.3 is 0 Å². The second-order valence-corrected chi connectivity index (χ2v) is 4.27. The number of nitrogens with zero attached hydrogens (tertiary/aromatic N) is 1. The van der Waals surface area contributed by atoms with Crippen LogP contribution in [-0.2, 0) is 6.42 Å². The summed E-state index contributed by atoms with van der Waals surface area (Å²) in [5.41, 5.74) is 10.3. The van der Waals surface area contributed by atoms with Crippen molar-refractivity contribution >= 4 is 16.8 Å². The summed E-state index contributed by atoms with van der Waals surface area (Å²) in [6.45, 7) is 2.08. The molecule has 0 fully saturated rings. The van der Waals surface area contributed by atoms with Crippen LogP contribution < -0.4 is 5.73 Å². The molecule has 0 saturated heterocycles. The molecular formula is C15H14N2O. The van der Waals surface area contributed by atoms with Crippen molar-refractivity contribution in [3.05, 3.63) is 48.0 Å². The maximum absolute atomic E-state index is 5.87. The summed E-state index contributed by atoms with van der Waals surface area (Å²) in [6.07, 6.45) is 0.880. The summed E-state index contributed by atoms with van der Waals surface area (Å²) >= 11 is 0. The van der Waals surface area contributed by atoms with Crippen LogP contribution in [0.25, 0.3) is 22.6 Å². The van der Waals surface area contributed by atoms with E-state index in [1.165, 1.54) is 0 Å². The molecule has 3 heteroatoms. The molecule has 0 saturated carbocycles. The Labute approximate surface area is 105 Å². The molecule has 18 heavy (non-hydrogen) atoms. The SMILES string of the molecule is CCc1cc(N)cc2nc(-c3ccccc3)oc12. The molecule has 0 radical (unpaired) electrons. The first-order valence-electron chi connectivity index (χ1n) is 6.02. The van der Waals surface area contributed by atoms with Crippen molar-refractivity contribution in [2.75, 3.05) is 5.73 Å². The lowest BCUT2D eigenvalue weighted by atomic mass is 10.1. The Balaban J connectivity index is 2.23. The minimum absolute atomic E-state index is 0.644. The van der Waals surface area contributed by atoms with Gasteiger partial charge in [0.2, 0.25) is 5.89 Å². The molecule has 0 amide bonds. The molecule has 0 bridgehead atoms. The van der Waals surface area contributed by atoms with Crippen molar-refractivity contribution in [3.8, 4) is 11.5 Å². The average Bonchev–Trinajstić information content (AvgIpc) is 2.82. The number of fused-ring (bicyclic) bond motifs is 1. The van der Waals surface area contributed by atoms with Gasteiger partial charge in [0.1, 0.15) is 5.52 Å². The predicted molar refractivity (Wildman–Crippen MR) is 73.2 cm³/mol. The number of anilines is 1. The Morgan fingerprint density at radius 1 is 1.17 bits per heavy atom. The number of hydrogen-bond acceptors (Lipinski definition) is 3. The highest BCUT2D eigenvalue weighted by atomic mass is 16.3. The van der Waals surface area contributed by atoms with Gasteiger partial charge in [0.15, 0.2) is 5.58 Å². The first-order chi connectivity index (χ1) is 8.78. The fraction of sp³-hybridized carbons (Fsp3) is 0.133. The molecule has 0 atom stereocenters. The lowest BCUT2D eigenvalue weighted by Crippen LogP contribution is -1.88. The third kappa shape index (κ3) is 1.74. The molecule has 90 valence electrons. The number of benzene rings is 2. The number of hydrogen-bond donors (Lipinski definition) is 1. The van der Waals surface area contributed by atoms with Gasteiger partial charge in [0.05, 0.1) is 0 Å². The minimum Gasteiger partial charge on any atom is -0.436 e. The lowest BCUT2D eigenvalue weighted by molar-refractivity contribution is 0.615. The van der Waals surface area contributed by atoms with E-state index in [0.717, 1.165) is 34.3 Å². The first-order valence-corrected chi connectivity index (χ1v) is 6.02. The van der Waals surface area contributed by atoms with Crippen molar-refractivity contribution in [2.45, 2.75) is 13.3 Å². The zero-order valence-corrected chi connectivity index (χ0v) is 10.2. The number of rotatable bonds is 2. The summed E-state index contributed by atoms with van der Waals surface area (Å²) in [4.78, 5) is 4.51. The van der Waals surface area contributed by atoms with Crippen molar-refractivity contribution in [1.82, 2.24) is 4.98 Å². The van der Waals surface area contributed by atoms with Gasteiger partial charge in [-0.15, -0.1) is 0 Å². The molecule has 2 N–H and O–H groups in total. The van der Waals surface area contributed by atoms with Gasteiger partial charge < -0.3 is 10.2 Å². The van der Waals surface area contributed by atoms with Crippen LogP contribution in [0.3, 0.4) is 0 Å². The number of aromatic nitrogens is 1. The molecular weight excluding hydrogens is 224 g/mol. The van der Waals surface area contributed by atoms with Crippen LogP contribution in [0.1, 0.15) is 12.5 Å². The predicted octanol–water partition coefficient (Wildman–Crippen LogP) is 3.64. The number of nitrogens with two attached hydrogens (primary N) is 1. The first kappa shape index (κ1) is 10.8. The highest BCUT2D eigenvalue weighted by Gasteiger charge is 2.11. The Bertz CT molecular complexity index is 686. The summed E-state index contributed by atoms with van der Waals surface area (Å²) in [5.74, 6) is 0.644. The fourth-order valence-corrected chi connectivity index (χ4v) is 2.09. The Kier molecular flexibility index (Phi) is 2.52. The van der Waals surface area contributed by atoms with Crippen LogP contribution in [0, 0.1) is 0 Å². The van der Waals surface area contributed by atoms with E-state index in [4.69, 9.17) is 10.2 Å². The Morgan fingerprint density at radius 2 is 1.94 bits per heavy atom. The van der Waals surface area contributed by atoms with Crippen molar-refractivity contribution < 1.29 is 4.42 Å². The monoisotopic (exact) mass is 238 g/mol. The smallest absolute Gasteiger partial charge is 0.227 e. The van der Waals surface area contributed by atoms with E-state index in [0.29, 0.717) is 5.89 Å². The van der Waals surface area contributed by atoms with Crippen LogP contribution in [0.4, 0.5) is 5.69 Å². The number of aryl methyl sites for hydroxylation is 1. The van der Waals surface area contributed by atoms with E-state index in [9.17, 15) is 0 Å². The summed E-state index contributed by atoms with van der Waals surface area (Å²) in [6, 6.07) is 13.7. The van der Waals surface area contributed by atoms with Crippen LogP contribution in [0.5, 0.6) is 0 Å². The molecule has 1 heterocycles. The second-order valence-electron chi connectivity index (χ2n) is 4.27. The highest BCUT2D eigenvalue weighted by Crippen LogP contribution is 2.28. The summed E-state index contributed by atoms with van der Waals surface area (Å²) < 4.78 is 5.86. The lowest BCUT2D eigenvalue weighted by Gasteiger charge is -1.98. The molecule has 0 unspecified atom stereocenters. The molecule has 3 nitrogen and oxygen atoms in total. The van der Waals surface area contributed by atoms with Crippen LogP contribution in [0.2, 0.25) is 0 Å². The van der Waals surface area contributed by atoms with E-state index < -0.39 is 0 Å². The van der Waals surface area contributed by atoms with Gasteiger partial charge in [-0.2, -0.15) is 0 Å². The van der Waals surface area contributed by atoms with E-state index in [-0.39, 0.29) is 0 Å². The van der Waals surface area contributed by atoms with E-state index >= 15 is 0 Å². The Hall–Kier alpha value is -2.29. The quantitative estimate of drug-likeness (QED) is 0.693. The van der Waals surface area contributed by atoms with Gasteiger partial charge in [-0.05, 0) is 36.2 Å². The van der Waals surface area contributed by atoms with E-state index in [2.05, 4.69) is 11.9 Å². The maximum Gasteiger partial charge on any atom is 0.227 e. The van der Waals surface area contributed by atoms with E-state index in [1.54, 1.807) is 0 Å². The summed E-state index contributed by atoms with van der Waals surface area (Å²) in [5, 5.41) is 0. The van der Waals surface area contributed by atoms with Crippen molar-refractivity contribution in [2.24, 2.45) is 0 Å². The van der Waals surface area contributed by atoms with Crippen LogP contribution >= 0.6 is 0 Å². The van der Waals surface area contributed by atoms with Gasteiger partial charge in [0.25, 0.3) is 0 Å². The van der Waals surface area contributed by atoms with Crippen molar-refractivity contribution in [3.63, 3.8) is 0 Å². The zero-order chi connectivity index (χ0) is 12.5. The summed E-state index contributed by atoms with van der Waals surface area (Å²) in [7, 11) is 0. The van der Waals surface area contributed by atoms with Gasteiger partial charge in [-0.3, -0.25) is 0 Å². The topological polar surface area (TPSA) is 52.0 Å². The second kappa shape index (κ2) is 4.18. The third-order valence-electron chi connectivity index (χ3n) is 2.99. The normalized spacial score (nSPS) is 10.9. The molecule has 0 aliphatic heterocycles. The molecule has 0 aliphatic carbocycles. The standard InChI is InChI=1S/C15H14N2O/c1-2-10-8-12(16)9-13-14(10)18-15(17-13)11-6-4-3-5-7-11/h3-9H,2,16H2,1H3. The van der Waals surface area contributed by atoms with Gasteiger partial charge in [0, 0.05) is 11.3 Å². The molecule has 0 aliphatic rings. The maximum atomic E-state index is 5.87. The highest BCUT2D eigenvalue weighted by molar-refractivity contribution is 5.82. The fourth-order valence-electron chi connectivity index (χ4n) is 2.09. The average molecular weight is 238 g/mol. The molecule has 3 aromatic rings.